The van der Waals surface area contributed by atoms with Gasteiger partial charge in [-0.05, 0) is 63.3 Å². The van der Waals surface area contributed by atoms with E-state index in [4.69, 9.17) is 5.26 Å². The average molecular weight is 375 g/mol. The molecule has 2 aromatic rings. The van der Waals surface area contributed by atoms with Crippen LogP contribution in [0.25, 0.3) is 0 Å². The predicted molar refractivity (Wildman–Crippen MR) is 107 cm³/mol. The SMILES string of the molecule is Cc1cncnc1N1CCCC2(CCCN2C(=O)c2ccc(C#N)cc2)CC1. The van der Waals surface area contributed by atoms with E-state index in [1.807, 2.05) is 13.1 Å². The molecule has 6 nitrogen and oxygen atoms in total. The number of carbonyl (C=O) groups excluding carboxylic acids is 1. The van der Waals surface area contributed by atoms with Gasteiger partial charge in [-0.2, -0.15) is 5.26 Å². The van der Waals surface area contributed by atoms with Gasteiger partial charge in [0.25, 0.3) is 5.91 Å². The van der Waals surface area contributed by atoms with E-state index in [1.54, 1.807) is 30.6 Å². The molecule has 1 unspecified atom stereocenters. The Bertz CT molecular complexity index is 904. The summed E-state index contributed by atoms with van der Waals surface area (Å²) in [6, 6.07) is 9.12. The summed E-state index contributed by atoms with van der Waals surface area (Å²) < 4.78 is 0. The third-order valence-electron chi connectivity index (χ3n) is 6.19. The highest BCUT2D eigenvalue weighted by molar-refractivity contribution is 5.95. The molecule has 0 radical (unpaired) electrons. The third-order valence-corrected chi connectivity index (χ3v) is 6.19. The van der Waals surface area contributed by atoms with E-state index in [1.165, 1.54) is 0 Å². The summed E-state index contributed by atoms with van der Waals surface area (Å²) in [5, 5.41) is 8.99. The maximum atomic E-state index is 13.2. The van der Waals surface area contributed by atoms with Gasteiger partial charge in [0.15, 0.2) is 0 Å². The number of amides is 1. The minimum absolute atomic E-state index is 0.0688. The molecule has 6 heteroatoms. The zero-order valence-electron chi connectivity index (χ0n) is 16.3. The number of carbonyl (C=O) groups is 1. The summed E-state index contributed by atoms with van der Waals surface area (Å²) in [6.45, 7) is 4.71. The summed E-state index contributed by atoms with van der Waals surface area (Å²) in [4.78, 5) is 26.3. The smallest absolute Gasteiger partial charge is 0.254 e. The number of aryl methyl sites for hydroxylation is 1. The van der Waals surface area contributed by atoms with Crippen LogP contribution in [0.3, 0.4) is 0 Å². The van der Waals surface area contributed by atoms with Crippen molar-refractivity contribution in [3.8, 4) is 6.07 Å². The first-order valence-electron chi connectivity index (χ1n) is 9.97. The number of nitrogens with zero attached hydrogens (tertiary/aromatic N) is 5. The van der Waals surface area contributed by atoms with Gasteiger partial charge in [0.2, 0.25) is 0 Å². The second-order valence-electron chi connectivity index (χ2n) is 7.84. The van der Waals surface area contributed by atoms with E-state index in [2.05, 4.69) is 25.8 Å². The van der Waals surface area contributed by atoms with Crippen molar-refractivity contribution in [2.75, 3.05) is 24.5 Å². The van der Waals surface area contributed by atoms with Gasteiger partial charge in [0.05, 0.1) is 11.6 Å². The largest absolute Gasteiger partial charge is 0.356 e. The molecule has 1 spiro atoms. The van der Waals surface area contributed by atoms with Crippen molar-refractivity contribution >= 4 is 11.7 Å². The van der Waals surface area contributed by atoms with E-state index in [9.17, 15) is 4.79 Å². The molecule has 1 aromatic heterocycles. The molecule has 0 bridgehead atoms. The van der Waals surface area contributed by atoms with E-state index < -0.39 is 0 Å². The van der Waals surface area contributed by atoms with Crippen LogP contribution >= 0.6 is 0 Å². The molecule has 2 fully saturated rings. The normalized spacial score (nSPS) is 22.1. The maximum Gasteiger partial charge on any atom is 0.254 e. The summed E-state index contributed by atoms with van der Waals surface area (Å²) in [6.07, 6.45) is 8.60. The van der Waals surface area contributed by atoms with E-state index >= 15 is 0 Å². The van der Waals surface area contributed by atoms with Crippen molar-refractivity contribution in [1.82, 2.24) is 14.9 Å². The van der Waals surface area contributed by atoms with Crippen molar-refractivity contribution < 1.29 is 4.79 Å². The summed E-state index contributed by atoms with van der Waals surface area (Å²) >= 11 is 0. The molecule has 1 aromatic carbocycles. The topological polar surface area (TPSA) is 73.1 Å². The molecule has 1 amide bonds. The van der Waals surface area contributed by atoms with Gasteiger partial charge in [0.1, 0.15) is 12.1 Å². The molecular formula is C22H25N5O. The number of anilines is 1. The minimum atomic E-state index is -0.0688. The maximum absolute atomic E-state index is 13.2. The fourth-order valence-electron chi connectivity index (χ4n) is 4.73. The number of rotatable bonds is 2. The van der Waals surface area contributed by atoms with Crippen molar-refractivity contribution in [3.05, 3.63) is 53.5 Å². The van der Waals surface area contributed by atoms with Crippen molar-refractivity contribution in [2.45, 2.75) is 44.6 Å². The molecule has 4 rings (SSSR count). The number of aromatic nitrogens is 2. The summed E-state index contributed by atoms with van der Waals surface area (Å²) in [5.41, 5.74) is 2.28. The van der Waals surface area contributed by atoms with Gasteiger partial charge in [-0.1, -0.05) is 0 Å². The second-order valence-corrected chi connectivity index (χ2v) is 7.84. The number of hydrogen-bond acceptors (Lipinski definition) is 5. The molecule has 0 aliphatic carbocycles. The predicted octanol–water partition coefficient (Wildman–Crippen LogP) is 3.32. The molecule has 0 saturated carbocycles. The zero-order chi connectivity index (χ0) is 19.6. The Balaban J connectivity index is 1.54. The lowest BCUT2D eigenvalue weighted by Gasteiger charge is -2.38. The van der Waals surface area contributed by atoms with Gasteiger partial charge >= 0.3 is 0 Å². The third kappa shape index (κ3) is 3.33. The van der Waals surface area contributed by atoms with Crippen LogP contribution in [0.4, 0.5) is 5.82 Å². The van der Waals surface area contributed by atoms with Crippen molar-refractivity contribution in [3.63, 3.8) is 0 Å². The Morgan fingerprint density at radius 1 is 1.11 bits per heavy atom. The highest BCUT2D eigenvalue weighted by Crippen LogP contribution is 2.40. The monoisotopic (exact) mass is 375 g/mol. The van der Waals surface area contributed by atoms with Crippen LogP contribution in [0.5, 0.6) is 0 Å². The minimum Gasteiger partial charge on any atom is -0.356 e. The summed E-state index contributed by atoms with van der Waals surface area (Å²) in [5.74, 6) is 1.10. The number of hydrogen-bond donors (Lipinski definition) is 0. The van der Waals surface area contributed by atoms with Gasteiger partial charge in [-0.3, -0.25) is 4.79 Å². The fourth-order valence-corrected chi connectivity index (χ4v) is 4.73. The van der Waals surface area contributed by atoms with Crippen LogP contribution < -0.4 is 4.90 Å². The van der Waals surface area contributed by atoms with Crippen molar-refractivity contribution in [2.24, 2.45) is 0 Å². The Kier molecular flexibility index (Phi) is 4.99. The van der Waals surface area contributed by atoms with E-state index in [0.717, 1.165) is 63.1 Å². The van der Waals surface area contributed by atoms with Gasteiger partial charge in [-0.15, -0.1) is 0 Å². The molecule has 2 saturated heterocycles. The Morgan fingerprint density at radius 2 is 1.86 bits per heavy atom. The Labute approximate surface area is 165 Å². The molecule has 2 aliphatic heterocycles. The first kappa shape index (κ1) is 18.4. The van der Waals surface area contributed by atoms with Gasteiger partial charge < -0.3 is 9.80 Å². The molecule has 1 atom stereocenters. The highest BCUT2D eigenvalue weighted by Gasteiger charge is 2.44. The number of nitriles is 1. The van der Waals surface area contributed by atoms with Crippen LogP contribution in [-0.2, 0) is 0 Å². The zero-order valence-corrected chi connectivity index (χ0v) is 16.3. The fraction of sp³-hybridized carbons (Fsp3) is 0.455. The van der Waals surface area contributed by atoms with Crippen molar-refractivity contribution in [1.29, 1.82) is 5.26 Å². The van der Waals surface area contributed by atoms with Crippen LogP contribution in [0.1, 0.15) is 53.6 Å². The quantitative estimate of drug-likeness (QED) is 0.805. The molecule has 28 heavy (non-hydrogen) atoms. The number of likely N-dealkylation sites (tertiary alicyclic amines) is 1. The Hall–Kier alpha value is -2.94. The van der Waals surface area contributed by atoms with Crippen LogP contribution in [0.15, 0.2) is 36.8 Å². The lowest BCUT2D eigenvalue weighted by molar-refractivity contribution is 0.0566. The molecule has 3 heterocycles. The number of benzene rings is 1. The second kappa shape index (κ2) is 7.59. The van der Waals surface area contributed by atoms with Gasteiger partial charge in [0, 0.05) is 42.5 Å². The van der Waals surface area contributed by atoms with Gasteiger partial charge in [-0.25, -0.2) is 9.97 Å². The standard InChI is InChI=1S/C22H25N5O/c1-17-15-24-16-25-20(17)26-11-2-8-22(10-13-26)9-3-12-27(22)21(28)19-6-4-18(14-23)5-7-19/h4-7,15-16H,2-3,8-13H2,1H3. The molecule has 144 valence electrons. The van der Waals surface area contributed by atoms with E-state index in [-0.39, 0.29) is 11.4 Å². The Morgan fingerprint density at radius 3 is 2.57 bits per heavy atom. The molecule has 2 aliphatic rings. The average Bonchev–Trinajstić information content (AvgIpc) is 3.02. The first-order valence-corrected chi connectivity index (χ1v) is 9.97. The first-order chi connectivity index (χ1) is 13.6. The van der Waals surface area contributed by atoms with E-state index in [0.29, 0.717) is 11.1 Å². The van der Waals surface area contributed by atoms with Crippen LogP contribution in [0.2, 0.25) is 0 Å². The highest BCUT2D eigenvalue weighted by atomic mass is 16.2. The lowest BCUT2D eigenvalue weighted by Crippen LogP contribution is -2.48. The lowest BCUT2D eigenvalue weighted by atomic mass is 9.87. The van der Waals surface area contributed by atoms with Crippen LogP contribution in [-0.4, -0.2) is 45.9 Å². The van der Waals surface area contributed by atoms with Crippen LogP contribution in [0, 0.1) is 18.3 Å². The summed E-state index contributed by atoms with van der Waals surface area (Å²) in [7, 11) is 0. The molecule has 0 N–H and O–H groups in total. The molecular weight excluding hydrogens is 350 g/mol.